The Bertz CT molecular complexity index is 1000. The molecule has 0 bridgehead atoms. The van der Waals surface area contributed by atoms with Crippen LogP contribution < -0.4 is 5.32 Å². The van der Waals surface area contributed by atoms with Crippen LogP contribution in [0.4, 0.5) is 10.1 Å². The largest absolute Gasteiger partial charge is 0.465 e. The molecule has 10 heteroatoms. The van der Waals surface area contributed by atoms with Crippen LogP contribution in [0.1, 0.15) is 10.4 Å². The first-order valence-electron chi connectivity index (χ1n) is 9.26. The molecule has 1 saturated heterocycles. The number of hydrogen-bond donors (Lipinski definition) is 1. The average molecular weight is 435 g/mol. The van der Waals surface area contributed by atoms with Gasteiger partial charge in [-0.1, -0.05) is 0 Å². The fraction of sp³-hybridized carbons (Fsp3) is 0.300. The van der Waals surface area contributed by atoms with E-state index >= 15 is 0 Å². The zero-order valence-electron chi connectivity index (χ0n) is 16.4. The molecular formula is C20H22FN3O5S. The lowest BCUT2D eigenvalue weighted by Gasteiger charge is -2.33. The predicted molar refractivity (Wildman–Crippen MR) is 108 cm³/mol. The second kappa shape index (κ2) is 9.33. The van der Waals surface area contributed by atoms with Gasteiger partial charge in [-0.15, -0.1) is 0 Å². The Labute approximate surface area is 174 Å². The highest BCUT2D eigenvalue weighted by molar-refractivity contribution is 7.89. The Hall–Kier alpha value is -2.82. The molecule has 0 aromatic heterocycles. The summed E-state index contributed by atoms with van der Waals surface area (Å²) in [7, 11) is -2.40. The minimum atomic E-state index is -3.69. The van der Waals surface area contributed by atoms with Crippen molar-refractivity contribution in [1.82, 2.24) is 9.21 Å². The summed E-state index contributed by atoms with van der Waals surface area (Å²) in [4.78, 5) is 25.6. The summed E-state index contributed by atoms with van der Waals surface area (Å²) < 4.78 is 44.3. The number of carbonyl (C=O) groups is 2. The van der Waals surface area contributed by atoms with E-state index in [9.17, 15) is 22.4 Å². The van der Waals surface area contributed by atoms with Crippen LogP contribution in [0.15, 0.2) is 53.4 Å². The van der Waals surface area contributed by atoms with E-state index in [1.807, 2.05) is 4.90 Å². The lowest BCUT2D eigenvalue weighted by atomic mass is 10.2. The molecule has 1 aliphatic rings. The van der Waals surface area contributed by atoms with E-state index in [0.717, 1.165) is 12.1 Å². The summed E-state index contributed by atoms with van der Waals surface area (Å²) in [6.45, 7) is 1.38. The van der Waals surface area contributed by atoms with E-state index in [-0.39, 0.29) is 30.4 Å². The Morgan fingerprint density at radius 2 is 1.60 bits per heavy atom. The van der Waals surface area contributed by atoms with E-state index in [2.05, 4.69) is 10.1 Å². The van der Waals surface area contributed by atoms with Gasteiger partial charge >= 0.3 is 5.97 Å². The number of hydrogen-bond acceptors (Lipinski definition) is 6. The highest BCUT2D eigenvalue weighted by Gasteiger charge is 2.29. The van der Waals surface area contributed by atoms with E-state index in [4.69, 9.17) is 0 Å². The second-order valence-corrected chi connectivity index (χ2v) is 8.69. The molecule has 1 fully saturated rings. The van der Waals surface area contributed by atoms with Crippen molar-refractivity contribution in [3.8, 4) is 0 Å². The summed E-state index contributed by atoms with van der Waals surface area (Å²) in [5.74, 6) is -1.19. The van der Waals surface area contributed by atoms with Crippen LogP contribution in [0.5, 0.6) is 0 Å². The van der Waals surface area contributed by atoms with Crippen molar-refractivity contribution < 1.29 is 27.1 Å². The van der Waals surface area contributed by atoms with Crippen LogP contribution in [0.2, 0.25) is 0 Å². The minimum Gasteiger partial charge on any atom is -0.465 e. The number of ether oxygens (including phenoxy) is 1. The number of benzene rings is 2. The lowest BCUT2D eigenvalue weighted by Crippen LogP contribution is -2.50. The molecule has 0 spiro atoms. The number of amides is 1. The zero-order valence-corrected chi connectivity index (χ0v) is 17.2. The number of halogens is 1. The van der Waals surface area contributed by atoms with Crippen molar-refractivity contribution in [2.75, 3.05) is 45.2 Å². The lowest BCUT2D eigenvalue weighted by molar-refractivity contribution is -0.117. The number of carbonyl (C=O) groups excluding carboxylic acids is 2. The zero-order chi connectivity index (χ0) is 21.7. The summed E-state index contributed by atoms with van der Waals surface area (Å²) in [5.41, 5.74) is 0.930. The number of nitrogens with one attached hydrogen (secondary N) is 1. The molecule has 0 saturated carbocycles. The SMILES string of the molecule is COC(=O)c1ccc(NC(=O)CN2CCN(S(=O)(=O)c3ccc(F)cc3)CC2)cc1. The van der Waals surface area contributed by atoms with Gasteiger partial charge in [-0.2, -0.15) is 4.31 Å². The molecular weight excluding hydrogens is 413 g/mol. The van der Waals surface area contributed by atoms with E-state index in [1.165, 1.54) is 23.5 Å². The van der Waals surface area contributed by atoms with Crippen molar-refractivity contribution in [1.29, 1.82) is 0 Å². The topological polar surface area (TPSA) is 96.0 Å². The summed E-state index contributed by atoms with van der Waals surface area (Å²) >= 11 is 0. The van der Waals surface area contributed by atoms with Crippen molar-refractivity contribution in [2.45, 2.75) is 4.90 Å². The van der Waals surface area contributed by atoms with Crippen molar-refractivity contribution in [2.24, 2.45) is 0 Å². The number of nitrogens with zero attached hydrogens (tertiary/aromatic N) is 2. The number of rotatable bonds is 6. The van der Waals surface area contributed by atoms with Gasteiger partial charge in [-0.05, 0) is 48.5 Å². The van der Waals surface area contributed by atoms with Gasteiger partial charge in [0.25, 0.3) is 0 Å². The first-order chi connectivity index (χ1) is 14.3. The smallest absolute Gasteiger partial charge is 0.337 e. The first-order valence-corrected chi connectivity index (χ1v) is 10.7. The van der Waals surface area contributed by atoms with Crippen LogP contribution in [0, 0.1) is 5.82 Å². The summed E-state index contributed by atoms with van der Waals surface area (Å²) in [6.07, 6.45) is 0. The number of anilines is 1. The number of sulfonamides is 1. The molecule has 1 heterocycles. The average Bonchev–Trinajstić information content (AvgIpc) is 2.74. The van der Waals surface area contributed by atoms with Crippen molar-refractivity contribution in [3.05, 3.63) is 59.9 Å². The number of piperazine rings is 1. The predicted octanol–water partition coefficient (Wildman–Crippen LogP) is 1.56. The van der Waals surface area contributed by atoms with Crippen LogP contribution in [-0.4, -0.2) is 69.3 Å². The van der Waals surface area contributed by atoms with E-state index < -0.39 is 21.8 Å². The molecule has 0 aliphatic carbocycles. The third-order valence-corrected chi connectivity index (χ3v) is 6.65. The quantitative estimate of drug-likeness (QED) is 0.692. The number of methoxy groups -OCH3 is 1. The Morgan fingerprint density at radius 1 is 1.00 bits per heavy atom. The molecule has 1 aliphatic heterocycles. The molecule has 0 radical (unpaired) electrons. The molecule has 8 nitrogen and oxygen atoms in total. The van der Waals surface area contributed by atoms with Crippen LogP contribution in [-0.2, 0) is 19.6 Å². The van der Waals surface area contributed by atoms with Gasteiger partial charge in [0.1, 0.15) is 5.82 Å². The highest BCUT2D eigenvalue weighted by Crippen LogP contribution is 2.18. The van der Waals surface area contributed by atoms with E-state index in [0.29, 0.717) is 24.3 Å². The normalized spacial score (nSPS) is 15.5. The molecule has 1 amide bonds. The number of esters is 1. The molecule has 1 N–H and O–H groups in total. The monoisotopic (exact) mass is 435 g/mol. The maximum absolute atomic E-state index is 13.0. The van der Waals surface area contributed by atoms with Crippen molar-refractivity contribution >= 4 is 27.6 Å². The summed E-state index contributed by atoms with van der Waals surface area (Å²) in [6, 6.07) is 11.1. The third kappa shape index (κ3) is 5.21. The van der Waals surface area contributed by atoms with Gasteiger partial charge in [0.05, 0.1) is 24.1 Å². The third-order valence-electron chi connectivity index (χ3n) is 4.74. The fourth-order valence-corrected chi connectivity index (χ4v) is 4.52. The maximum Gasteiger partial charge on any atom is 0.337 e. The molecule has 2 aromatic rings. The minimum absolute atomic E-state index is 0.0468. The van der Waals surface area contributed by atoms with Crippen LogP contribution >= 0.6 is 0 Å². The van der Waals surface area contributed by atoms with Gasteiger partial charge < -0.3 is 10.1 Å². The van der Waals surface area contributed by atoms with Gasteiger partial charge in [0.15, 0.2) is 0 Å². The summed E-state index contributed by atoms with van der Waals surface area (Å²) in [5, 5.41) is 2.75. The highest BCUT2D eigenvalue weighted by atomic mass is 32.2. The Balaban J connectivity index is 1.51. The second-order valence-electron chi connectivity index (χ2n) is 6.75. The maximum atomic E-state index is 13.0. The molecule has 160 valence electrons. The van der Waals surface area contributed by atoms with Gasteiger partial charge in [0.2, 0.25) is 15.9 Å². The standard InChI is InChI=1S/C20H22FN3O5S/c1-29-20(26)15-2-6-17(7-3-15)22-19(25)14-23-10-12-24(13-11-23)30(27,28)18-8-4-16(21)5-9-18/h2-9H,10-14H2,1H3,(H,22,25). The molecule has 0 unspecified atom stereocenters. The van der Waals surface area contributed by atoms with Gasteiger partial charge in [0, 0.05) is 31.9 Å². The van der Waals surface area contributed by atoms with E-state index in [1.54, 1.807) is 24.3 Å². The first kappa shape index (κ1) is 21.9. The van der Waals surface area contributed by atoms with Gasteiger partial charge in [-0.25, -0.2) is 17.6 Å². The molecule has 30 heavy (non-hydrogen) atoms. The Kier molecular flexibility index (Phi) is 6.80. The van der Waals surface area contributed by atoms with Crippen LogP contribution in [0.25, 0.3) is 0 Å². The molecule has 3 rings (SSSR count). The molecule has 0 atom stereocenters. The molecule has 2 aromatic carbocycles. The fourth-order valence-electron chi connectivity index (χ4n) is 3.09. The van der Waals surface area contributed by atoms with Gasteiger partial charge in [-0.3, -0.25) is 9.69 Å². The van der Waals surface area contributed by atoms with Crippen molar-refractivity contribution in [3.63, 3.8) is 0 Å². The Morgan fingerprint density at radius 3 is 2.17 bits per heavy atom. The van der Waals surface area contributed by atoms with Crippen LogP contribution in [0.3, 0.4) is 0 Å².